The minimum absolute atomic E-state index is 0.514. The predicted molar refractivity (Wildman–Crippen MR) is 79.7 cm³/mol. The topological polar surface area (TPSA) is 157 Å². The molecule has 0 saturated carbocycles. The van der Waals surface area contributed by atoms with Crippen LogP contribution in [0.4, 0.5) is 0 Å². The molecule has 2 radical (unpaired) electrons. The first-order valence-electron chi connectivity index (χ1n) is 7.10. The molecule has 0 aliphatic heterocycles. The molecule has 122 valence electrons. The third-order valence-corrected chi connectivity index (χ3v) is 5.04. The second kappa shape index (κ2) is 13.4. The van der Waals surface area contributed by atoms with Crippen molar-refractivity contribution < 1.29 is 15.0 Å². The number of unbranched alkanes of at least 4 members (excludes halogenated alkanes) is 2. The van der Waals surface area contributed by atoms with Gasteiger partial charge in [-0.1, -0.05) is 0 Å². The van der Waals surface area contributed by atoms with Crippen LogP contribution in [0.3, 0.4) is 0 Å². The number of carbonyl (C=O) groups is 2. The average molecular weight is 498 g/mol. The molecule has 0 aromatic heterocycles. The first kappa shape index (κ1) is 20.7. The second-order valence-corrected chi connectivity index (χ2v) is 6.94. The maximum absolute atomic E-state index is 11.5. The van der Waals surface area contributed by atoms with E-state index in [1.54, 1.807) is 0 Å². The summed E-state index contributed by atoms with van der Waals surface area (Å²) >= 11 is -2.24. The Kier molecular flexibility index (Phi) is 13.2. The van der Waals surface area contributed by atoms with Crippen LogP contribution in [0.2, 0.25) is 0 Å². The van der Waals surface area contributed by atoms with Gasteiger partial charge in [0.15, 0.2) is 0 Å². The van der Waals surface area contributed by atoms with E-state index in [0.717, 1.165) is 25.7 Å². The van der Waals surface area contributed by atoms with E-state index in [0.29, 0.717) is 25.9 Å². The van der Waals surface area contributed by atoms with E-state index in [1.165, 1.54) is 0 Å². The Morgan fingerprint density at radius 1 is 0.810 bits per heavy atom. The number of rotatable bonds is 12. The summed E-state index contributed by atoms with van der Waals surface area (Å²) in [6.45, 7) is 1.14. The summed E-state index contributed by atoms with van der Waals surface area (Å²) in [5, 5.41) is 0. The molecule has 0 saturated heterocycles. The summed E-state index contributed by atoms with van der Waals surface area (Å²) in [5.41, 5.74) is 22.0. The molecule has 9 heteroatoms. The van der Waals surface area contributed by atoms with Gasteiger partial charge in [-0.25, -0.2) is 0 Å². The van der Waals surface area contributed by atoms with Gasteiger partial charge >= 0.3 is 139 Å². The Morgan fingerprint density at radius 2 is 1.19 bits per heavy atom. The third-order valence-electron chi connectivity index (χ3n) is 2.83. The van der Waals surface area contributed by atoms with Crippen molar-refractivity contribution in [2.45, 2.75) is 50.6 Å². The monoisotopic (exact) mass is 498 g/mol. The molecule has 21 heavy (non-hydrogen) atoms. The molecular weight excluding hydrogens is 471 g/mol. The first-order chi connectivity index (χ1) is 10.0. The van der Waals surface area contributed by atoms with Gasteiger partial charge in [0.1, 0.15) is 0 Å². The Hall–Kier alpha value is -0.298. The molecule has 0 rings (SSSR count). The van der Waals surface area contributed by atoms with Crippen LogP contribution in [-0.4, -0.2) is 62.3 Å². The van der Waals surface area contributed by atoms with Gasteiger partial charge in [-0.3, -0.25) is 0 Å². The average Bonchev–Trinajstić information content (AvgIpc) is 2.47. The molecule has 2 atom stereocenters. The van der Waals surface area contributed by atoms with E-state index >= 15 is 0 Å². The number of hydrogen-bond donors (Lipinski definition) is 4. The van der Waals surface area contributed by atoms with Gasteiger partial charge in [-0.15, -0.1) is 0 Å². The van der Waals surface area contributed by atoms with E-state index in [2.05, 4.69) is 0 Å². The Bertz CT molecular complexity index is 279. The zero-order chi connectivity index (χ0) is 16.1. The third kappa shape index (κ3) is 11.0. The van der Waals surface area contributed by atoms with E-state index in [1.807, 2.05) is 0 Å². The zero-order valence-electron chi connectivity index (χ0n) is 12.3. The van der Waals surface area contributed by atoms with Gasteiger partial charge in [0.05, 0.1) is 0 Å². The molecule has 0 unspecified atom stereocenters. The molecular formula is C12H26N4O4Pb. The summed E-state index contributed by atoms with van der Waals surface area (Å²) in [7, 11) is 0. The Balaban J connectivity index is 3.75. The minimum atomic E-state index is -2.24. The number of hydrogen-bond acceptors (Lipinski definition) is 8. The second-order valence-electron chi connectivity index (χ2n) is 4.71. The summed E-state index contributed by atoms with van der Waals surface area (Å²) in [6.07, 6.45) is 4.21. The fraction of sp³-hybridized carbons (Fsp3) is 0.833. The van der Waals surface area contributed by atoms with Crippen LogP contribution >= 0.6 is 0 Å². The van der Waals surface area contributed by atoms with Crippen LogP contribution in [0.15, 0.2) is 0 Å². The van der Waals surface area contributed by atoms with Crippen LogP contribution in [0.25, 0.3) is 0 Å². The fourth-order valence-corrected chi connectivity index (χ4v) is 3.48. The first-order valence-corrected chi connectivity index (χ1v) is 10.3. The van der Waals surface area contributed by atoms with E-state index < -0.39 is 49.2 Å². The van der Waals surface area contributed by atoms with Gasteiger partial charge in [-0.2, -0.15) is 0 Å². The van der Waals surface area contributed by atoms with Crippen molar-refractivity contribution >= 4 is 37.1 Å². The van der Waals surface area contributed by atoms with Crippen LogP contribution in [-0.2, 0) is 15.0 Å². The van der Waals surface area contributed by atoms with Crippen molar-refractivity contribution in [3.63, 3.8) is 0 Å². The van der Waals surface area contributed by atoms with Crippen molar-refractivity contribution in [3.05, 3.63) is 0 Å². The molecule has 0 heterocycles. The number of carbonyl (C=O) groups excluding carboxylic acids is 2. The van der Waals surface area contributed by atoms with E-state index in [4.69, 9.17) is 28.3 Å². The molecule has 0 aliphatic rings. The summed E-state index contributed by atoms with van der Waals surface area (Å²) < 4.78 is 9.92. The van der Waals surface area contributed by atoms with Crippen molar-refractivity contribution in [1.82, 2.24) is 0 Å². The molecule has 8 nitrogen and oxygen atoms in total. The maximum atomic E-state index is 11.5. The van der Waals surface area contributed by atoms with Gasteiger partial charge in [0, 0.05) is 0 Å². The van der Waals surface area contributed by atoms with Crippen LogP contribution in [0.1, 0.15) is 38.5 Å². The summed E-state index contributed by atoms with van der Waals surface area (Å²) in [5.74, 6) is -1.03. The van der Waals surface area contributed by atoms with Crippen molar-refractivity contribution in [2.24, 2.45) is 22.9 Å². The summed E-state index contributed by atoms with van der Waals surface area (Å²) in [6, 6.07) is -1.36. The normalized spacial score (nSPS) is 13.5. The Morgan fingerprint density at radius 3 is 1.52 bits per heavy atom. The molecule has 8 N–H and O–H groups in total. The molecule has 0 aliphatic carbocycles. The van der Waals surface area contributed by atoms with Crippen LogP contribution < -0.4 is 22.9 Å². The molecule has 0 aromatic carbocycles. The molecule has 0 bridgehead atoms. The predicted octanol–water partition coefficient (Wildman–Crippen LogP) is -1.48. The molecule has 0 fully saturated rings. The standard InChI is InChI=1S/2C6H14N2O2.Pb/c2*7-4-2-1-3-5(8)6(9)10;/h2*5H,1-4,7-8H2,(H,9,10);/q;;+2/p-2/t2*5-;/m00./s1. The molecule has 0 aromatic rings. The van der Waals surface area contributed by atoms with Gasteiger partial charge < -0.3 is 0 Å². The summed E-state index contributed by atoms with van der Waals surface area (Å²) in [4.78, 5) is 23.1. The van der Waals surface area contributed by atoms with E-state index in [-0.39, 0.29) is 0 Å². The van der Waals surface area contributed by atoms with Gasteiger partial charge in [-0.05, 0) is 0 Å². The quantitative estimate of drug-likeness (QED) is 0.188. The van der Waals surface area contributed by atoms with Gasteiger partial charge in [0.25, 0.3) is 0 Å². The number of nitrogens with two attached hydrogens (primary N) is 4. The SMILES string of the molecule is NCCCC[C@H](N)C(=O)[O][Pb][O]C(=O)[C@@H](N)CCCCN. The van der Waals surface area contributed by atoms with Crippen LogP contribution in [0.5, 0.6) is 0 Å². The Labute approximate surface area is 138 Å². The fourth-order valence-electron chi connectivity index (χ4n) is 1.51. The zero-order valence-corrected chi connectivity index (χ0v) is 16.1. The van der Waals surface area contributed by atoms with Crippen LogP contribution in [0, 0.1) is 0 Å². The van der Waals surface area contributed by atoms with Crippen molar-refractivity contribution in [1.29, 1.82) is 0 Å². The molecule has 0 amide bonds. The van der Waals surface area contributed by atoms with Gasteiger partial charge in [0.2, 0.25) is 0 Å². The van der Waals surface area contributed by atoms with Crippen molar-refractivity contribution in [3.8, 4) is 0 Å². The van der Waals surface area contributed by atoms with E-state index in [9.17, 15) is 9.59 Å². The van der Waals surface area contributed by atoms with Crippen molar-refractivity contribution in [2.75, 3.05) is 13.1 Å². The molecule has 0 spiro atoms.